The highest BCUT2D eigenvalue weighted by atomic mass is 32.2. The Hall–Kier alpha value is 0.0700. The lowest BCUT2D eigenvalue weighted by atomic mass is 10.7. The minimum atomic E-state index is -0.709. The van der Waals surface area contributed by atoms with Gasteiger partial charge >= 0.3 is 0 Å². The molecule has 0 amide bonds. The van der Waals surface area contributed by atoms with Crippen molar-refractivity contribution in [2.24, 2.45) is 0 Å². The van der Waals surface area contributed by atoms with Gasteiger partial charge in [0.05, 0.1) is 6.61 Å². The van der Waals surface area contributed by atoms with Gasteiger partial charge in [-0.05, 0) is 6.54 Å². The molecule has 0 spiro atoms. The van der Waals surface area contributed by atoms with Gasteiger partial charge in [0.25, 0.3) is 0 Å². The average Bonchev–Trinajstić information content (AvgIpc) is 2.01. The molecule has 0 bridgehead atoms. The Morgan fingerprint density at radius 2 is 2.18 bits per heavy atom. The van der Waals surface area contributed by atoms with E-state index in [1.54, 1.807) is 7.11 Å². The van der Waals surface area contributed by atoms with Crippen molar-refractivity contribution >= 4 is 10.8 Å². The topological polar surface area (TPSA) is 38.3 Å². The first kappa shape index (κ1) is 11.1. The summed E-state index contributed by atoms with van der Waals surface area (Å²) in [4.78, 5) is 0. The van der Waals surface area contributed by atoms with Crippen LogP contribution in [0.2, 0.25) is 0 Å². The van der Waals surface area contributed by atoms with Crippen molar-refractivity contribution in [2.75, 3.05) is 38.3 Å². The van der Waals surface area contributed by atoms with Crippen LogP contribution in [0.15, 0.2) is 0 Å². The summed E-state index contributed by atoms with van der Waals surface area (Å²) in [6, 6.07) is 0. The third kappa shape index (κ3) is 7.97. The molecule has 0 saturated carbocycles. The number of ether oxygens (including phenoxy) is 1. The number of rotatable bonds is 7. The van der Waals surface area contributed by atoms with Crippen LogP contribution in [0.4, 0.5) is 0 Å². The second-order valence-electron chi connectivity index (χ2n) is 2.19. The largest absolute Gasteiger partial charge is 0.384 e. The second-order valence-corrected chi connectivity index (χ2v) is 3.89. The molecule has 1 unspecified atom stereocenters. The van der Waals surface area contributed by atoms with Crippen molar-refractivity contribution in [1.29, 1.82) is 0 Å². The number of hydrogen-bond acceptors (Lipinski definition) is 3. The van der Waals surface area contributed by atoms with E-state index in [4.69, 9.17) is 4.74 Å². The van der Waals surface area contributed by atoms with Crippen LogP contribution in [0.25, 0.3) is 0 Å². The summed E-state index contributed by atoms with van der Waals surface area (Å²) in [5.74, 6) is 1.39. The maximum Gasteiger partial charge on any atom is 0.0577 e. The fraction of sp³-hybridized carbons (Fsp3) is 1.00. The maximum atomic E-state index is 11.1. The van der Waals surface area contributed by atoms with Crippen LogP contribution in [0.1, 0.15) is 6.92 Å². The van der Waals surface area contributed by atoms with Crippen molar-refractivity contribution < 1.29 is 8.95 Å². The normalized spacial score (nSPS) is 13.3. The van der Waals surface area contributed by atoms with Gasteiger partial charge in [0, 0.05) is 36.0 Å². The van der Waals surface area contributed by atoms with Crippen LogP contribution in [0.3, 0.4) is 0 Å². The zero-order valence-corrected chi connectivity index (χ0v) is 8.08. The van der Waals surface area contributed by atoms with Crippen LogP contribution in [0.5, 0.6) is 0 Å². The maximum absolute atomic E-state index is 11.1. The van der Waals surface area contributed by atoms with Crippen molar-refractivity contribution in [2.45, 2.75) is 6.92 Å². The third-order valence-electron chi connectivity index (χ3n) is 1.27. The predicted octanol–water partition coefficient (Wildman–Crippen LogP) is -0.00900. The fourth-order valence-electron chi connectivity index (χ4n) is 0.641. The smallest absolute Gasteiger partial charge is 0.0577 e. The Kier molecular flexibility index (Phi) is 8.22. The van der Waals surface area contributed by atoms with Crippen molar-refractivity contribution in [3.8, 4) is 0 Å². The molecule has 0 saturated heterocycles. The average molecular weight is 179 g/mol. The minimum absolute atomic E-state index is 0.596. The highest BCUT2D eigenvalue weighted by Crippen LogP contribution is 1.81. The van der Waals surface area contributed by atoms with Crippen LogP contribution in [-0.2, 0) is 15.5 Å². The van der Waals surface area contributed by atoms with E-state index in [0.717, 1.165) is 18.8 Å². The van der Waals surface area contributed by atoms with Gasteiger partial charge in [-0.3, -0.25) is 4.21 Å². The van der Waals surface area contributed by atoms with Gasteiger partial charge in [0.1, 0.15) is 0 Å². The molecule has 3 nitrogen and oxygen atoms in total. The van der Waals surface area contributed by atoms with E-state index in [9.17, 15) is 4.21 Å². The monoisotopic (exact) mass is 179 g/mol. The molecule has 1 N–H and O–H groups in total. The second kappa shape index (κ2) is 8.17. The van der Waals surface area contributed by atoms with Crippen LogP contribution >= 0.6 is 0 Å². The molecular formula is C7H17NO2S. The number of nitrogens with one attached hydrogen (secondary N) is 1. The van der Waals surface area contributed by atoms with E-state index >= 15 is 0 Å². The van der Waals surface area contributed by atoms with Crippen LogP contribution < -0.4 is 5.32 Å². The van der Waals surface area contributed by atoms with Gasteiger partial charge < -0.3 is 10.1 Å². The predicted molar refractivity (Wildman–Crippen MR) is 48.3 cm³/mol. The van der Waals surface area contributed by atoms with Gasteiger partial charge in [-0.15, -0.1) is 0 Å². The Morgan fingerprint density at radius 3 is 2.73 bits per heavy atom. The Bertz CT molecular complexity index is 109. The number of methoxy groups -OCH3 is 1. The standard InChI is InChI=1S/C7H17NO2S/c1-3-8-4-6-11(9)7-5-10-2/h8H,3-7H2,1-2H3. The molecular weight excluding hydrogens is 162 g/mol. The van der Waals surface area contributed by atoms with E-state index in [0.29, 0.717) is 12.4 Å². The lowest BCUT2D eigenvalue weighted by Crippen LogP contribution is -2.21. The molecule has 0 aromatic heterocycles. The summed E-state index contributed by atoms with van der Waals surface area (Å²) in [7, 11) is 0.918. The molecule has 68 valence electrons. The lowest BCUT2D eigenvalue weighted by Gasteiger charge is -2.01. The number of hydrogen-bond donors (Lipinski definition) is 1. The first-order valence-corrected chi connectivity index (χ1v) is 5.34. The van der Waals surface area contributed by atoms with Gasteiger partial charge in [0.2, 0.25) is 0 Å². The summed E-state index contributed by atoms with van der Waals surface area (Å²) < 4.78 is 15.9. The van der Waals surface area contributed by atoms with E-state index in [2.05, 4.69) is 5.32 Å². The minimum Gasteiger partial charge on any atom is -0.384 e. The van der Waals surface area contributed by atoms with E-state index < -0.39 is 10.8 Å². The highest BCUT2D eigenvalue weighted by Gasteiger charge is 1.96. The first-order chi connectivity index (χ1) is 5.31. The Labute approximate surface area is 71.0 Å². The molecule has 0 aliphatic heterocycles. The third-order valence-corrected chi connectivity index (χ3v) is 2.55. The van der Waals surface area contributed by atoms with Crippen molar-refractivity contribution in [3.63, 3.8) is 0 Å². The lowest BCUT2D eigenvalue weighted by molar-refractivity contribution is 0.218. The molecule has 1 atom stereocenters. The molecule has 0 rings (SSSR count). The molecule has 4 heteroatoms. The fourth-order valence-corrected chi connectivity index (χ4v) is 1.57. The first-order valence-electron chi connectivity index (χ1n) is 3.86. The summed E-state index contributed by atoms with van der Waals surface area (Å²) in [6.45, 7) is 4.42. The quantitative estimate of drug-likeness (QED) is 0.559. The summed E-state index contributed by atoms with van der Waals surface area (Å²) in [5, 5.41) is 3.12. The van der Waals surface area contributed by atoms with Crippen LogP contribution in [0, 0.1) is 0 Å². The van der Waals surface area contributed by atoms with Crippen molar-refractivity contribution in [3.05, 3.63) is 0 Å². The zero-order valence-electron chi connectivity index (χ0n) is 7.26. The van der Waals surface area contributed by atoms with Gasteiger partial charge in [-0.2, -0.15) is 0 Å². The van der Waals surface area contributed by atoms with E-state index in [1.807, 2.05) is 6.92 Å². The molecule has 0 aliphatic carbocycles. The Balaban J connectivity index is 3.09. The zero-order chi connectivity index (χ0) is 8.53. The molecule has 0 fully saturated rings. The summed E-state index contributed by atoms with van der Waals surface area (Å²) >= 11 is 0. The van der Waals surface area contributed by atoms with Crippen LogP contribution in [-0.4, -0.2) is 42.5 Å². The van der Waals surface area contributed by atoms with E-state index in [-0.39, 0.29) is 0 Å². The molecule has 0 aromatic carbocycles. The van der Waals surface area contributed by atoms with Gasteiger partial charge in [-0.1, -0.05) is 6.92 Å². The molecule has 0 aromatic rings. The van der Waals surface area contributed by atoms with Gasteiger partial charge in [-0.25, -0.2) is 0 Å². The molecule has 0 aliphatic rings. The molecule has 0 radical (unpaired) electrons. The van der Waals surface area contributed by atoms with Crippen molar-refractivity contribution in [1.82, 2.24) is 5.32 Å². The molecule has 11 heavy (non-hydrogen) atoms. The SMILES string of the molecule is CCNCCS(=O)CCOC. The highest BCUT2D eigenvalue weighted by molar-refractivity contribution is 7.85. The van der Waals surface area contributed by atoms with Gasteiger partial charge in [0.15, 0.2) is 0 Å². The summed E-state index contributed by atoms with van der Waals surface area (Å²) in [6.07, 6.45) is 0. The molecule has 0 heterocycles. The summed E-state index contributed by atoms with van der Waals surface area (Å²) in [5.41, 5.74) is 0. The Morgan fingerprint density at radius 1 is 1.45 bits per heavy atom. The van der Waals surface area contributed by atoms with E-state index in [1.165, 1.54) is 0 Å².